The lowest BCUT2D eigenvalue weighted by Gasteiger charge is -2.17. The minimum absolute atomic E-state index is 0.0433. The van der Waals surface area contributed by atoms with Crippen molar-refractivity contribution < 1.29 is 14.3 Å². The molecule has 2 N–H and O–H groups in total. The van der Waals surface area contributed by atoms with E-state index in [0.29, 0.717) is 29.5 Å². The summed E-state index contributed by atoms with van der Waals surface area (Å²) in [5.74, 6) is 1.80. The molecule has 0 aromatic heterocycles. The van der Waals surface area contributed by atoms with Gasteiger partial charge in [0.2, 0.25) is 0 Å². The van der Waals surface area contributed by atoms with Crippen molar-refractivity contribution in [3.8, 4) is 11.5 Å². The highest BCUT2D eigenvalue weighted by Gasteiger charge is 2.32. The average molecular weight is 263 g/mol. The van der Waals surface area contributed by atoms with Gasteiger partial charge in [0.15, 0.2) is 5.78 Å². The zero-order chi connectivity index (χ0) is 13.8. The van der Waals surface area contributed by atoms with Crippen molar-refractivity contribution >= 4 is 5.78 Å². The van der Waals surface area contributed by atoms with Gasteiger partial charge >= 0.3 is 0 Å². The third-order valence-corrected chi connectivity index (χ3v) is 3.93. The Hall–Kier alpha value is -1.55. The maximum absolute atomic E-state index is 12.6. The molecule has 19 heavy (non-hydrogen) atoms. The van der Waals surface area contributed by atoms with Gasteiger partial charge in [0.25, 0.3) is 0 Å². The molecular weight excluding hydrogens is 242 g/mol. The molecule has 4 nitrogen and oxygen atoms in total. The smallest absolute Gasteiger partial charge is 0.166 e. The molecule has 0 amide bonds. The highest BCUT2D eigenvalue weighted by molar-refractivity contribution is 5.99. The van der Waals surface area contributed by atoms with Crippen LogP contribution < -0.4 is 15.2 Å². The molecule has 1 aromatic rings. The van der Waals surface area contributed by atoms with Crippen LogP contribution in [0.2, 0.25) is 0 Å². The zero-order valence-corrected chi connectivity index (χ0v) is 11.5. The number of carbonyl (C=O) groups excluding carboxylic acids is 1. The summed E-state index contributed by atoms with van der Waals surface area (Å²) in [6, 6.07) is 5.32. The van der Waals surface area contributed by atoms with E-state index < -0.39 is 0 Å². The van der Waals surface area contributed by atoms with Gasteiger partial charge in [-0.1, -0.05) is 6.42 Å². The Morgan fingerprint density at radius 1 is 1.21 bits per heavy atom. The Balaban J connectivity index is 2.27. The fourth-order valence-corrected chi connectivity index (χ4v) is 2.83. The van der Waals surface area contributed by atoms with Gasteiger partial charge in [-0.15, -0.1) is 0 Å². The highest BCUT2D eigenvalue weighted by Crippen LogP contribution is 2.35. The van der Waals surface area contributed by atoms with E-state index in [9.17, 15) is 4.79 Å². The Labute approximate surface area is 113 Å². The SMILES string of the molecule is COc1cc(OC)cc(C(=O)C2CCCC2CN)c1. The highest BCUT2D eigenvalue weighted by atomic mass is 16.5. The second-order valence-electron chi connectivity index (χ2n) is 5.00. The number of hydrogen-bond donors (Lipinski definition) is 1. The van der Waals surface area contributed by atoms with Crippen LogP contribution in [-0.2, 0) is 0 Å². The third-order valence-electron chi connectivity index (χ3n) is 3.93. The quantitative estimate of drug-likeness (QED) is 0.828. The molecule has 1 aliphatic carbocycles. The molecule has 0 saturated heterocycles. The lowest BCUT2D eigenvalue weighted by atomic mass is 9.88. The van der Waals surface area contributed by atoms with Crippen LogP contribution in [0.5, 0.6) is 11.5 Å². The molecule has 0 heterocycles. The summed E-state index contributed by atoms with van der Waals surface area (Å²) in [6.45, 7) is 0.581. The van der Waals surface area contributed by atoms with Crippen molar-refractivity contribution in [1.82, 2.24) is 0 Å². The summed E-state index contributed by atoms with van der Waals surface area (Å²) >= 11 is 0. The first-order chi connectivity index (χ1) is 9.19. The summed E-state index contributed by atoms with van der Waals surface area (Å²) in [7, 11) is 3.17. The van der Waals surface area contributed by atoms with Crippen LogP contribution in [0.3, 0.4) is 0 Å². The molecule has 1 fully saturated rings. The Morgan fingerprint density at radius 3 is 2.37 bits per heavy atom. The predicted octanol–water partition coefficient (Wildman–Crippen LogP) is 2.26. The van der Waals surface area contributed by atoms with E-state index in [1.54, 1.807) is 32.4 Å². The molecule has 1 aliphatic rings. The van der Waals surface area contributed by atoms with Crippen molar-refractivity contribution in [1.29, 1.82) is 0 Å². The van der Waals surface area contributed by atoms with Crippen LogP contribution in [-0.4, -0.2) is 26.5 Å². The standard InChI is InChI=1S/C15H21NO3/c1-18-12-6-11(7-13(8-12)19-2)15(17)14-5-3-4-10(14)9-16/h6-8,10,14H,3-5,9,16H2,1-2H3. The van der Waals surface area contributed by atoms with Crippen LogP contribution in [0.1, 0.15) is 29.6 Å². The fourth-order valence-electron chi connectivity index (χ4n) is 2.83. The molecule has 0 bridgehead atoms. The minimum atomic E-state index is 0.0433. The molecule has 0 aliphatic heterocycles. The summed E-state index contributed by atoms with van der Waals surface area (Å²) in [5.41, 5.74) is 6.40. The lowest BCUT2D eigenvalue weighted by Crippen LogP contribution is -2.25. The Morgan fingerprint density at radius 2 is 1.84 bits per heavy atom. The number of rotatable bonds is 5. The maximum atomic E-state index is 12.6. The maximum Gasteiger partial charge on any atom is 0.166 e. The number of ether oxygens (including phenoxy) is 2. The van der Waals surface area contributed by atoms with Crippen molar-refractivity contribution in [2.24, 2.45) is 17.6 Å². The zero-order valence-electron chi connectivity index (χ0n) is 11.5. The summed E-state index contributed by atoms with van der Waals surface area (Å²) in [5, 5.41) is 0. The van der Waals surface area contributed by atoms with E-state index in [1.807, 2.05) is 0 Å². The first kappa shape index (κ1) is 13.9. The predicted molar refractivity (Wildman–Crippen MR) is 73.8 cm³/mol. The fraction of sp³-hybridized carbons (Fsp3) is 0.533. The minimum Gasteiger partial charge on any atom is -0.497 e. The number of ketones is 1. The number of benzene rings is 1. The van der Waals surface area contributed by atoms with Gasteiger partial charge in [-0.05, 0) is 37.4 Å². The normalized spacial score (nSPS) is 22.3. The third kappa shape index (κ3) is 2.89. The van der Waals surface area contributed by atoms with Crippen molar-refractivity contribution in [3.63, 3.8) is 0 Å². The van der Waals surface area contributed by atoms with Gasteiger partial charge in [0.1, 0.15) is 11.5 Å². The topological polar surface area (TPSA) is 61.5 Å². The van der Waals surface area contributed by atoms with Gasteiger partial charge in [-0.3, -0.25) is 4.79 Å². The van der Waals surface area contributed by atoms with Crippen LogP contribution in [0.25, 0.3) is 0 Å². The first-order valence-electron chi connectivity index (χ1n) is 6.67. The monoisotopic (exact) mass is 263 g/mol. The molecule has 2 atom stereocenters. The largest absolute Gasteiger partial charge is 0.497 e. The number of carbonyl (C=O) groups is 1. The molecule has 1 aromatic carbocycles. The molecule has 1 saturated carbocycles. The molecule has 104 valence electrons. The Kier molecular flexibility index (Phi) is 4.43. The summed E-state index contributed by atoms with van der Waals surface area (Å²) < 4.78 is 10.4. The molecule has 4 heteroatoms. The second-order valence-corrected chi connectivity index (χ2v) is 5.00. The van der Waals surface area contributed by atoms with Crippen molar-refractivity contribution in [2.45, 2.75) is 19.3 Å². The van der Waals surface area contributed by atoms with Crippen LogP contribution in [0, 0.1) is 11.8 Å². The van der Waals surface area contributed by atoms with E-state index in [2.05, 4.69) is 0 Å². The van der Waals surface area contributed by atoms with E-state index >= 15 is 0 Å². The number of hydrogen-bond acceptors (Lipinski definition) is 4. The van der Waals surface area contributed by atoms with Gasteiger partial charge in [0.05, 0.1) is 14.2 Å². The molecule has 2 rings (SSSR count). The van der Waals surface area contributed by atoms with E-state index in [-0.39, 0.29) is 11.7 Å². The first-order valence-corrected chi connectivity index (χ1v) is 6.67. The molecule has 2 unspecified atom stereocenters. The van der Waals surface area contributed by atoms with Gasteiger partial charge in [-0.25, -0.2) is 0 Å². The molecule has 0 radical (unpaired) electrons. The summed E-state index contributed by atoms with van der Waals surface area (Å²) in [6.07, 6.45) is 3.06. The van der Waals surface area contributed by atoms with Crippen molar-refractivity contribution in [2.75, 3.05) is 20.8 Å². The van der Waals surface area contributed by atoms with E-state index in [4.69, 9.17) is 15.2 Å². The van der Waals surface area contributed by atoms with Crippen LogP contribution >= 0.6 is 0 Å². The van der Waals surface area contributed by atoms with Crippen LogP contribution in [0.15, 0.2) is 18.2 Å². The van der Waals surface area contributed by atoms with Crippen LogP contribution in [0.4, 0.5) is 0 Å². The average Bonchev–Trinajstić information content (AvgIpc) is 2.94. The number of methoxy groups -OCH3 is 2. The lowest BCUT2D eigenvalue weighted by molar-refractivity contribution is 0.0892. The molecule has 0 spiro atoms. The van der Waals surface area contributed by atoms with E-state index in [1.165, 1.54) is 0 Å². The van der Waals surface area contributed by atoms with Gasteiger partial charge in [-0.2, -0.15) is 0 Å². The Bertz CT molecular complexity index is 436. The van der Waals surface area contributed by atoms with E-state index in [0.717, 1.165) is 19.3 Å². The number of Topliss-reactive ketones (excluding diaryl/α,β-unsaturated/α-hetero) is 1. The van der Waals surface area contributed by atoms with Crippen molar-refractivity contribution in [3.05, 3.63) is 23.8 Å². The van der Waals surface area contributed by atoms with Gasteiger partial charge < -0.3 is 15.2 Å². The number of nitrogens with two attached hydrogens (primary N) is 1. The van der Waals surface area contributed by atoms with Gasteiger partial charge in [0, 0.05) is 17.5 Å². The summed E-state index contributed by atoms with van der Waals surface area (Å²) in [4.78, 5) is 12.6. The molecular formula is C15H21NO3. The second kappa shape index (κ2) is 6.06.